The van der Waals surface area contributed by atoms with Crippen LogP contribution in [0.25, 0.3) is 0 Å². The van der Waals surface area contributed by atoms with Crippen molar-refractivity contribution in [3.05, 3.63) is 28.2 Å². The molecule has 4 heteroatoms. The molecule has 1 saturated heterocycles. The van der Waals surface area contributed by atoms with E-state index in [1.807, 2.05) is 12.1 Å². The molecule has 0 amide bonds. The van der Waals surface area contributed by atoms with Gasteiger partial charge in [-0.05, 0) is 39.9 Å². The number of piperidine rings is 1. The number of hydrogen-bond donors (Lipinski definition) is 2. The Labute approximate surface area is 111 Å². The molecule has 0 saturated carbocycles. The van der Waals surface area contributed by atoms with Crippen LogP contribution >= 0.6 is 15.9 Å². The quantitative estimate of drug-likeness (QED) is 0.823. The molecule has 3 N–H and O–H groups in total. The average Bonchev–Trinajstić information content (AvgIpc) is 2.30. The third-order valence-electron chi connectivity index (χ3n) is 3.45. The monoisotopic (exact) mass is 298 g/mol. The van der Waals surface area contributed by atoms with E-state index in [-0.39, 0.29) is 6.10 Å². The molecule has 1 aromatic rings. The van der Waals surface area contributed by atoms with E-state index in [1.165, 1.54) is 5.56 Å². The smallest absolute Gasteiger partial charge is 0.0590 e. The van der Waals surface area contributed by atoms with Gasteiger partial charge in [-0.3, -0.25) is 4.90 Å². The van der Waals surface area contributed by atoms with Gasteiger partial charge in [0.25, 0.3) is 0 Å². The Morgan fingerprint density at radius 1 is 1.53 bits per heavy atom. The summed E-state index contributed by atoms with van der Waals surface area (Å²) >= 11 is 3.53. The van der Waals surface area contributed by atoms with Gasteiger partial charge in [0.05, 0.1) is 6.10 Å². The van der Waals surface area contributed by atoms with E-state index in [0.29, 0.717) is 5.92 Å². The molecule has 1 aliphatic heterocycles. The molecule has 2 unspecified atom stereocenters. The summed E-state index contributed by atoms with van der Waals surface area (Å²) in [6, 6.07) is 5.98. The zero-order valence-corrected chi connectivity index (χ0v) is 11.7. The number of anilines is 1. The number of likely N-dealkylation sites (tertiary alicyclic amines) is 1. The molecule has 0 aromatic heterocycles. The first-order valence-corrected chi connectivity index (χ1v) is 6.80. The highest BCUT2D eigenvalue weighted by molar-refractivity contribution is 9.10. The largest absolute Gasteiger partial charge is 0.398 e. The van der Waals surface area contributed by atoms with E-state index in [9.17, 15) is 5.11 Å². The highest BCUT2D eigenvalue weighted by Gasteiger charge is 2.24. The molecule has 0 spiro atoms. The molecule has 0 aliphatic carbocycles. The van der Waals surface area contributed by atoms with Gasteiger partial charge in [0.1, 0.15) is 0 Å². The van der Waals surface area contributed by atoms with Gasteiger partial charge in [-0.2, -0.15) is 0 Å². The maximum absolute atomic E-state index is 9.70. The summed E-state index contributed by atoms with van der Waals surface area (Å²) in [5.41, 5.74) is 7.87. The molecule has 0 bridgehead atoms. The minimum absolute atomic E-state index is 0.143. The van der Waals surface area contributed by atoms with Crippen LogP contribution in [0.5, 0.6) is 0 Å². The third-order valence-corrected chi connectivity index (χ3v) is 4.41. The lowest BCUT2D eigenvalue weighted by molar-refractivity contribution is 0.0319. The SMILES string of the molecule is CC1CN(Cc2cccc(N)c2Br)CCC1O. The lowest BCUT2D eigenvalue weighted by Crippen LogP contribution is -2.41. The Hall–Kier alpha value is -0.580. The number of aliphatic hydroxyl groups excluding tert-OH is 1. The van der Waals surface area contributed by atoms with Crippen molar-refractivity contribution in [2.45, 2.75) is 26.0 Å². The maximum atomic E-state index is 9.70. The van der Waals surface area contributed by atoms with Gasteiger partial charge in [0.15, 0.2) is 0 Å². The predicted octanol–water partition coefficient (Wildman–Crippen LogP) is 2.23. The molecule has 2 rings (SSSR count). The summed E-state index contributed by atoms with van der Waals surface area (Å²) in [4.78, 5) is 2.37. The Morgan fingerprint density at radius 2 is 2.29 bits per heavy atom. The number of benzene rings is 1. The zero-order valence-electron chi connectivity index (χ0n) is 10.1. The summed E-state index contributed by atoms with van der Waals surface area (Å²) in [6.45, 7) is 4.89. The van der Waals surface area contributed by atoms with Gasteiger partial charge >= 0.3 is 0 Å². The summed E-state index contributed by atoms with van der Waals surface area (Å²) in [7, 11) is 0. The number of rotatable bonds is 2. The van der Waals surface area contributed by atoms with E-state index in [2.05, 4.69) is 33.8 Å². The van der Waals surface area contributed by atoms with Gasteiger partial charge in [-0.15, -0.1) is 0 Å². The van der Waals surface area contributed by atoms with Crippen LogP contribution < -0.4 is 5.73 Å². The van der Waals surface area contributed by atoms with Gasteiger partial charge in [0, 0.05) is 29.8 Å². The normalized spacial score (nSPS) is 26.1. The average molecular weight is 299 g/mol. The van der Waals surface area contributed by atoms with E-state index in [1.54, 1.807) is 0 Å². The van der Waals surface area contributed by atoms with Gasteiger partial charge in [-0.1, -0.05) is 19.1 Å². The molecular formula is C13H19BrN2O. The minimum atomic E-state index is -0.143. The van der Waals surface area contributed by atoms with Crippen LogP contribution in [0.4, 0.5) is 5.69 Å². The van der Waals surface area contributed by atoms with Crippen molar-refractivity contribution in [3.8, 4) is 0 Å². The molecule has 0 radical (unpaired) electrons. The van der Waals surface area contributed by atoms with Gasteiger partial charge < -0.3 is 10.8 Å². The second-order valence-corrected chi connectivity index (χ2v) is 5.68. The number of aliphatic hydroxyl groups is 1. The van der Waals surface area contributed by atoms with Crippen LogP contribution in [-0.2, 0) is 6.54 Å². The van der Waals surface area contributed by atoms with Crippen molar-refractivity contribution in [1.82, 2.24) is 4.90 Å². The molecular weight excluding hydrogens is 280 g/mol. The number of nitrogens with two attached hydrogens (primary N) is 1. The van der Waals surface area contributed by atoms with Gasteiger partial charge in [-0.25, -0.2) is 0 Å². The first-order valence-electron chi connectivity index (χ1n) is 6.01. The Kier molecular flexibility index (Phi) is 4.07. The highest BCUT2D eigenvalue weighted by atomic mass is 79.9. The van der Waals surface area contributed by atoms with Crippen molar-refractivity contribution in [2.24, 2.45) is 5.92 Å². The molecule has 1 fully saturated rings. The Balaban J connectivity index is 2.04. The maximum Gasteiger partial charge on any atom is 0.0590 e. The van der Waals surface area contributed by atoms with E-state index < -0.39 is 0 Å². The molecule has 17 heavy (non-hydrogen) atoms. The van der Waals surface area contributed by atoms with Crippen molar-refractivity contribution in [2.75, 3.05) is 18.8 Å². The summed E-state index contributed by atoms with van der Waals surface area (Å²) < 4.78 is 0.999. The Bertz CT molecular complexity index is 397. The second kappa shape index (κ2) is 5.38. The van der Waals surface area contributed by atoms with Crippen LogP contribution in [0.15, 0.2) is 22.7 Å². The van der Waals surface area contributed by atoms with Crippen LogP contribution in [0.1, 0.15) is 18.9 Å². The summed E-state index contributed by atoms with van der Waals surface area (Å²) in [5, 5.41) is 9.70. The molecule has 1 heterocycles. The Morgan fingerprint density at radius 3 is 3.00 bits per heavy atom. The van der Waals surface area contributed by atoms with Crippen molar-refractivity contribution in [3.63, 3.8) is 0 Å². The molecule has 2 atom stereocenters. The zero-order chi connectivity index (χ0) is 12.4. The van der Waals surface area contributed by atoms with Crippen LogP contribution in [0.3, 0.4) is 0 Å². The molecule has 1 aromatic carbocycles. The van der Waals surface area contributed by atoms with E-state index in [4.69, 9.17) is 5.73 Å². The number of nitrogen functional groups attached to an aromatic ring is 1. The minimum Gasteiger partial charge on any atom is -0.398 e. The predicted molar refractivity (Wildman–Crippen MR) is 73.6 cm³/mol. The number of hydrogen-bond acceptors (Lipinski definition) is 3. The lowest BCUT2D eigenvalue weighted by atomic mass is 9.96. The second-order valence-electron chi connectivity index (χ2n) is 4.89. The molecule has 1 aliphatic rings. The van der Waals surface area contributed by atoms with Crippen LogP contribution in [0, 0.1) is 5.92 Å². The first-order chi connectivity index (χ1) is 8.08. The molecule has 3 nitrogen and oxygen atoms in total. The fourth-order valence-electron chi connectivity index (χ4n) is 2.33. The topological polar surface area (TPSA) is 49.5 Å². The third kappa shape index (κ3) is 3.00. The van der Waals surface area contributed by atoms with Crippen molar-refractivity contribution >= 4 is 21.6 Å². The molecule has 94 valence electrons. The summed E-state index contributed by atoms with van der Waals surface area (Å²) in [6.07, 6.45) is 0.719. The highest BCUT2D eigenvalue weighted by Crippen LogP contribution is 2.26. The summed E-state index contributed by atoms with van der Waals surface area (Å²) in [5.74, 6) is 0.351. The first kappa shape index (κ1) is 12.9. The van der Waals surface area contributed by atoms with Gasteiger partial charge in [0.2, 0.25) is 0 Å². The van der Waals surface area contributed by atoms with Crippen LogP contribution in [-0.4, -0.2) is 29.2 Å². The van der Waals surface area contributed by atoms with Crippen molar-refractivity contribution in [1.29, 1.82) is 0 Å². The number of nitrogens with zero attached hydrogens (tertiary/aromatic N) is 1. The van der Waals surface area contributed by atoms with Crippen molar-refractivity contribution < 1.29 is 5.11 Å². The lowest BCUT2D eigenvalue weighted by Gasteiger charge is -2.34. The standard InChI is InChI=1S/C13H19BrN2O/c1-9-7-16(6-5-12(9)17)8-10-3-2-4-11(15)13(10)14/h2-4,9,12,17H,5-8,15H2,1H3. The number of halogens is 1. The van der Waals surface area contributed by atoms with E-state index in [0.717, 1.165) is 36.2 Å². The fourth-order valence-corrected chi connectivity index (χ4v) is 2.72. The fraction of sp³-hybridized carbons (Fsp3) is 0.538. The van der Waals surface area contributed by atoms with Crippen LogP contribution in [0.2, 0.25) is 0 Å². The van der Waals surface area contributed by atoms with E-state index >= 15 is 0 Å².